The SMILES string of the molecule is CC[C@@H](N)[C@H](CC1CCCCC1)NC(=O)OC(C)(C)C. The number of amides is 1. The molecule has 0 aliphatic heterocycles. The third-order valence-electron chi connectivity index (χ3n) is 4.00. The molecule has 4 nitrogen and oxygen atoms in total. The van der Waals surface area contributed by atoms with Gasteiger partial charge in [0.05, 0.1) is 0 Å². The third-order valence-corrected chi connectivity index (χ3v) is 4.00. The number of alkyl carbamates (subject to hydrolysis) is 1. The number of carbonyl (C=O) groups is 1. The largest absolute Gasteiger partial charge is 0.444 e. The Kier molecular flexibility index (Phi) is 6.80. The van der Waals surface area contributed by atoms with Gasteiger partial charge in [-0.2, -0.15) is 0 Å². The Morgan fingerprint density at radius 2 is 1.90 bits per heavy atom. The van der Waals surface area contributed by atoms with Gasteiger partial charge < -0.3 is 15.8 Å². The van der Waals surface area contributed by atoms with E-state index in [0.29, 0.717) is 5.92 Å². The first-order valence-corrected chi connectivity index (χ1v) is 8.07. The minimum atomic E-state index is -0.463. The number of hydrogen-bond acceptors (Lipinski definition) is 3. The summed E-state index contributed by atoms with van der Waals surface area (Å²) in [5.74, 6) is 0.696. The molecular weight excluding hydrogens is 252 g/mol. The molecule has 0 radical (unpaired) electrons. The van der Waals surface area contributed by atoms with Gasteiger partial charge in [-0.05, 0) is 39.5 Å². The van der Waals surface area contributed by atoms with E-state index in [1.807, 2.05) is 20.8 Å². The summed E-state index contributed by atoms with van der Waals surface area (Å²) in [5.41, 5.74) is 5.71. The number of nitrogens with two attached hydrogens (primary N) is 1. The summed E-state index contributed by atoms with van der Waals surface area (Å²) in [7, 11) is 0. The fourth-order valence-electron chi connectivity index (χ4n) is 2.87. The van der Waals surface area contributed by atoms with Gasteiger partial charge in [0.1, 0.15) is 5.60 Å². The standard InChI is InChI=1S/C16H32N2O2/c1-5-13(17)14(11-12-9-7-6-8-10-12)18-15(19)20-16(2,3)4/h12-14H,5-11,17H2,1-4H3,(H,18,19)/t13-,14+/m1/s1. The second kappa shape index (κ2) is 7.87. The number of rotatable bonds is 5. The van der Waals surface area contributed by atoms with Crippen molar-refractivity contribution in [2.45, 2.75) is 90.3 Å². The van der Waals surface area contributed by atoms with E-state index in [9.17, 15) is 4.79 Å². The van der Waals surface area contributed by atoms with E-state index < -0.39 is 5.60 Å². The van der Waals surface area contributed by atoms with Gasteiger partial charge in [0.25, 0.3) is 0 Å². The molecule has 0 spiro atoms. The van der Waals surface area contributed by atoms with Gasteiger partial charge in [0.15, 0.2) is 0 Å². The topological polar surface area (TPSA) is 64.3 Å². The molecule has 0 saturated heterocycles. The van der Waals surface area contributed by atoms with Gasteiger partial charge in [-0.1, -0.05) is 39.0 Å². The van der Waals surface area contributed by atoms with E-state index in [0.717, 1.165) is 12.8 Å². The van der Waals surface area contributed by atoms with Gasteiger partial charge in [-0.3, -0.25) is 0 Å². The number of hydrogen-bond donors (Lipinski definition) is 2. The van der Waals surface area contributed by atoms with Crippen LogP contribution >= 0.6 is 0 Å². The zero-order chi connectivity index (χ0) is 15.2. The molecule has 1 amide bonds. The van der Waals surface area contributed by atoms with Gasteiger partial charge in [0.2, 0.25) is 0 Å². The van der Waals surface area contributed by atoms with Gasteiger partial charge in [0, 0.05) is 12.1 Å². The minimum Gasteiger partial charge on any atom is -0.444 e. The molecule has 0 unspecified atom stereocenters. The van der Waals surface area contributed by atoms with Crippen molar-refractivity contribution in [3.05, 3.63) is 0 Å². The Morgan fingerprint density at radius 1 is 1.30 bits per heavy atom. The zero-order valence-corrected chi connectivity index (χ0v) is 13.6. The van der Waals surface area contributed by atoms with Crippen LogP contribution in [-0.4, -0.2) is 23.8 Å². The summed E-state index contributed by atoms with van der Waals surface area (Å²) < 4.78 is 5.35. The van der Waals surface area contributed by atoms with Crippen molar-refractivity contribution in [3.8, 4) is 0 Å². The molecule has 0 aromatic heterocycles. The highest BCUT2D eigenvalue weighted by atomic mass is 16.6. The van der Waals surface area contributed by atoms with Gasteiger partial charge in [-0.25, -0.2) is 4.79 Å². The van der Waals surface area contributed by atoms with Crippen LogP contribution in [0.25, 0.3) is 0 Å². The summed E-state index contributed by atoms with van der Waals surface area (Å²) in [5, 5.41) is 2.99. The molecule has 3 N–H and O–H groups in total. The van der Waals surface area contributed by atoms with Crippen LogP contribution in [0, 0.1) is 5.92 Å². The predicted molar refractivity (Wildman–Crippen MR) is 82.6 cm³/mol. The van der Waals surface area contributed by atoms with E-state index in [1.165, 1.54) is 32.1 Å². The van der Waals surface area contributed by atoms with Crippen LogP contribution < -0.4 is 11.1 Å². The van der Waals surface area contributed by atoms with Gasteiger partial charge in [-0.15, -0.1) is 0 Å². The Bertz CT molecular complexity index is 293. The first-order valence-electron chi connectivity index (χ1n) is 8.07. The fourth-order valence-corrected chi connectivity index (χ4v) is 2.87. The maximum atomic E-state index is 11.9. The average Bonchev–Trinajstić information content (AvgIpc) is 2.36. The Morgan fingerprint density at radius 3 is 2.40 bits per heavy atom. The van der Waals surface area contributed by atoms with E-state index in [2.05, 4.69) is 12.2 Å². The molecule has 4 heteroatoms. The molecule has 20 heavy (non-hydrogen) atoms. The highest BCUT2D eigenvalue weighted by molar-refractivity contribution is 5.68. The number of ether oxygens (including phenoxy) is 1. The lowest BCUT2D eigenvalue weighted by Gasteiger charge is -2.31. The molecule has 1 saturated carbocycles. The van der Waals surface area contributed by atoms with Crippen molar-refractivity contribution in [2.75, 3.05) is 0 Å². The monoisotopic (exact) mass is 284 g/mol. The van der Waals surface area contributed by atoms with Crippen LogP contribution in [0.5, 0.6) is 0 Å². The van der Waals surface area contributed by atoms with Gasteiger partial charge >= 0.3 is 6.09 Å². The third kappa shape index (κ3) is 6.60. The Balaban J connectivity index is 2.52. The maximum Gasteiger partial charge on any atom is 0.407 e. The van der Waals surface area contributed by atoms with Crippen LogP contribution in [0.2, 0.25) is 0 Å². The summed E-state index contributed by atoms with van der Waals surface area (Å²) in [4.78, 5) is 11.9. The molecule has 1 rings (SSSR count). The van der Waals surface area contributed by atoms with Crippen molar-refractivity contribution < 1.29 is 9.53 Å². The highest BCUT2D eigenvalue weighted by Gasteiger charge is 2.26. The molecule has 2 atom stereocenters. The quantitative estimate of drug-likeness (QED) is 0.811. The fraction of sp³-hybridized carbons (Fsp3) is 0.938. The molecule has 0 aromatic rings. The van der Waals surface area contributed by atoms with Crippen LogP contribution in [0.15, 0.2) is 0 Å². The van der Waals surface area contributed by atoms with Crippen LogP contribution in [0.3, 0.4) is 0 Å². The lowest BCUT2D eigenvalue weighted by atomic mass is 9.83. The van der Waals surface area contributed by atoms with E-state index in [-0.39, 0.29) is 18.2 Å². The van der Waals surface area contributed by atoms with Crippen LogP contribution in [-0.2, 0) is 4.74 Å². The van der Waals surface area contributed by atoms with Crippen LogP contribution in [0.4, 0.5) is 4.79 Å². The zero-order valence-electron chi connectivity index (χ0n) is 13.6. The predicted octanol–water partition coefficient (Wildman–Crippen LogP) is 3.59. The first kappa shape index (κ1) is 17.3. The van der Waals surface area contributed by atoms with Crippen molar-refractivity contribution >= 4 is 6.09 Å². The molecule has 1 fully saturated rings. The highest BCUT2D eigenvalue weighted by Crippen LogP contribution is 2.28. The molecular formula is C16H32N2O2. The molecule has 1 aliphatic carbocycles. The lowest BCUT2D eigenvalue weighted by Crippen LogP contribution is -2.49. The molecule has 0 bridgehead atoms. The van der Waals surface area contributed by atoms with Crippen molar-refractivity contribution in [1.29, 1.82) is 0 Å². The van der Waals surface area contributed by atoms with Crippen molar-refractivity contribution in [3.63, 3.8) is 0 Å². The Labute approximate surface area is 123 Å². The second-order valence-corrected chi connectivity index (χ2v) is 7.06. The van der Waals surface area contributed by atoms with E-state index in [1.54, 1.807) is 0 Å². The van der Waals surface area contributed by atoms with Crippen LogP contribution in [0.1, 0.15) is 72.6 Å². The maximum absolute atomic E-state index is 11.9. The molecule has 118 valence electrons. The van der Waals surface area contributed by atoms with E-state index in [4.69, 9.17) is 10.5 Å². The smallest absolute Gasteiger partial charge is 0.407 e. The summed E-state index contributed by atoms with van der Waals surface area (Å²) >= 11 is 0. The minimum absolute atomic E-state index is 0.00412. The second-order valence-electron chi connectivity index (χ2n) is 7.06. The van der Waals surface area contributed by atoms with Crippen molar-refractivity contribution in [1.82, 2.24) is 5.32 Å². The summed E-state index contributed by atoms with van der Waals surface area (Å²) in [6.45, 7) is 7.70. The molecule has 0 heterocycles. The lowest BCUT2D eigenvalue weighted by molar-refractivity contribution is 0.0485. The number of carbonyl (C=O) groups excluding carboxylic acids is 1. The normalized spacial score (nSPS) is 20.2. The summed E-state index contributed by atoms with van der Waals surface area (Å²) in [6.07, 6.45) is 8.01. The van der Waals surface area contributed by atoms with Crippen molar-refractivity contribution in [2.24, 2.45) is 11.7 Å². The van der Waals surface area contributed by atoms with E-state index >= 15 is 0 Å². The molecule has 1 aliphatic rings. The Hall–Kier alpha value is -0.770. The molecule has 0 aromatic carbocycles. The first-order chi connectivity index (χ1) is 9.31. The summed E-state index contributed by atoms with van der Waals surface area (Å²) in [6, 6.07) is 0.0300. The number of nitrogens with one attached hydrogen (secondary N) is 1. The average molecular weight is 284 g/mol.